The number of rotatable bonds is 4. The molecule has 1 saturated carbocycles. The predicted octanol–water partition coefficient (Wildman–Crippen LogP) is 3.03. The third-order valence-corrected chi connectivity index (χ3v) is 3.60. The maximum absolute atomic E-state index is 12.6. The average Bonchev–Trinajstić information content (AvgIpc) is 2.89. The van der Waals surface area contributed by atoms with Crippen LogP contribution in [0.4, 0.5) is 19.0 Å². The van der Waals surface area contributed by atoms with E-state index in [2.05, 4.69) is 10.3 Å². The van der Waals surface area contributed by atoms with Crippen LogP contribution in [-0.4, -0.2) is 17.6 Å². The summed E-state index contributed by atoms with van der Waals surface area (Å²) >= 11 is 0. The van der Waals surface area contributed by atoms with Gasteiger partial charge in [-0.3, -0.25) is 0 Å². The van der Waals surface area contributed by atoms with Gasteiger partial charge < -0.3 is 11.1 Å². The Bertz CT molecular complexity index is 414. The molecule has 1 aliphatic rings. The van der Waals surface area contributed by atoms with Crippen LogP contribution in [0.25, 0.3) is 0 Å². The van der Waals surface area contributed by atoms with Crippen LogP contribution >= 0.6 is 0 Å². The smallest absolute Gasteiger partial charge is 0.366 e. The molecule has 0 bridgehead atoms. The Hall–Kier alpha value is -1.30. The standard InChI is InChI=1S/C13H18F3N3/c14-13(15,16)11-6-3-7-12(19-11)18-10(8-17)9-4-1-2-5-9/h3,6-7,9-10H,1-2,4-5,8,17H2,(H,18,19). The lowest BCUT2D eigenvalue weighted by atomic mass is 9.98. The van der Waals surface area contributed by atoms with Gasteiger partial charge >= 0.3 is 6.18 Å². The van der Waals surface area contributed by atoms with Crippen LogP contribution in [0.5, 0.6) is 0 Å². The molecule has 1 aromatic heterocycles. The number of hydrogen-bond acceptors (Lipinski definition) is 3. The number of pyridine rings is 1. The summed E-state index contributed by atoms with van der Waals surface area (Å²) in [6, 6.07) is 3.88. The first kappa shape index (κ1) is 14.1. The number of nitrogens with one attached hydrogen (secondary N) is 1. The van der Waals surface area contributed by atoms with E-state index in [4.69, 9.17) is 5.73 Å². The molecule has 0 aromatic carbocycles. The number of hydrogen-bond donors (Lipinski definition) is 2. The van der Waals surface area contributed by atoms with E-state index in [0.29, 0.717) is 12.5 Å². The number of nitrogens with zero attached hydrogens (tertiary/aromatic N) is 1. The number of halogens is 3. The second kappa shape index (κ2) is 5.77. The Balaban J connectivity index is 2.09. The lowest BCUT2D eigenvalue weighted by molar-refractivity contribution is -0.141. The lowest BCUT2D eigenvalue weighted by Gasteiger charge is -2.24. The molecule has 1 heterocycles. The minimum absolute atomic E-state index is 0.00140. The van der Waals surface area contributed by atoms with Gasteiger partial charge in [-0.05, 0) is 30.9 Å². The molecule has 1 fully saturated rings. The van der Waals surface area contributed by atoms with Crippen molar-refractivity contribution in [2.75, 3.05) is 11.9 Å². The van der Waals surface area contributed by atoms with Crippen LogP contribution in [-0.2, 0) is 6.18 Å². The molecule has 3 N–H and O–H groups in total. The largest absolute Gasteiger partial charge is 0.433 e. The van der Waals surface area contributed by atoms with Crippen molar-refractivity contribution in [2.45, 2.75) is 37.9 Å². The van der Waals surface area contributed by atoms with Crippen molar-refractivity contribution in [3.8, 4) is 0 Å². The first-order valence-electron chi connectivity index (χ1n) is 6.51. The van der Waals surface area contributed by atoms with Gasteiger partial charge in [-0.25, -0.2) is 4.98 Å². The van der Waals surface area contributed by atoms with E-state index in [0.717, 1.165) is 18.9 Å². The van der Waals surface area contributed by atoms with E-state index in [1.165, 1.54) is 18.9 Å². The summed E-state index contributed by atoms with van der Waals surface area (Å²) in [6.07, 6.45) is 0.0721. The van der Waals surface area contributed by atoms with Crippen LogP contribution in [0.15, 0.2) is 18.2 Å². The highest BCUT2D eigenvalue weighted by molar-refractivity contribution is 5.37. The predicted molar refractivity (Wildman–Crippen MR) is 67.7 cm³/mol. The van der Waals surface area contributed by atoms with Gasteiger partial charge in [0.2, 0.25) is 0 Å². The lowest BCUT2D eigenvalue weighted by Crippen LogP contribution is -2.35. The van der Waals surface area contributed by atoms with Gasteiger partial charge in [0.1, 0.15) is 11.5 Å². The third-order valence-electron chi connectivity index (χ3n) is 3.60. The first-order valence-corrected chi connectivity index (χ1v) is 6.51. The maximum atomic E-state index is 12.6. The van der Waals surface area contributed by atoms with Crippen molar-refractivity contribution in [1.29, 1.82) is 0 Å². The van der Waals surface area contributed by atoms with Gasteiger partial charge in [-0.2, -0.15) is 13.2 Å². The molecule has 0 saturated heterocycles. The second-order valence-electron chi connectivity index (χ2n) is 4.94. The van der Waals surface area contributed by atoms with Crippen molar-refractivity contribution in [1.82, 2.24) is 4.98 Å². The van der Waals surface area contributed by atoms with Crippen LogP contribution in [0.2, 0.25) is 0 Å². The van der Waals surface area contributed by atoms with Crippen LogP contribution < -0.4 is 11.1 Å². The SMILES string of the molecule is NCC(Nc1cccc(C(F)(F)F)n1)C1CCCC1. The molecule has 1 atom stereocenters. The molecule has 1 aromatic rings. The Labute approximate surface area is 110 Å². The molecule has 0 aliphatic heterocycles. The minimum Gasteiger partial charge on any atom is -0.366 e. The molecule has 0 spiro atoms. The summed E-state index contributed by atoms with van der Waals surface area (Å²) in [5.74, 6) is 0.679. The molecule has 106 valence electrons. The van der Waals surface area contributed by atoms with Crippen molar-refractivity contribution in [2.24, 2.45) is 11.7 Å². The third kappa shape index (κ3) is 3.59. The molecule has 6 heteroatoms. The Morgan fingerprint density at radius 1 is 1.32 bits per heavy atom. The van der Waals surface area contributed by atoms with Gasteiger partial charge in [0.25, 0.3) is 0 Å². The molecular formula is C13H18F3N3. The Morgan fingerprint density at radius 3 is 2.58 bits per heavy atom. The van der Waals surface area contributed by atoms with Crippen molar-refractivity contribution in [3.05, 3.63) is 23.9 Å². The molecule has 3 nitrogen and oxygen atoms in total. The van der Waals surface area contributed by atoms with E-state index in [9.17, 15) is 13.2 Å². The average molecular weight is 273 g/mol. The van der Waals surface area contributed by atoms with E-state index >= 15 is 0 Å². The summed E-state index contributed by atoms with van der Waals surface area (Å²) in [6.45, 7) is 0.405. The summed E-state index contributed by atoms with van der Waals surface area (Å²) in [5, 5.41) is 3.05. The van der Waals surface area contributed by atoms with Crippen molar-refractivity contribution < 1.29 is 13.2 Å². The topological polar surface area (TPSA) is 50.9 Å². The fraction of sp³-hybridized carbons (Fsp3) is 0.615. The van der Waals surface area contributed by atoms with Crippen molar-refractivity contribution >= 4 is 5.82 Å². The van der Waals surface area contributed by atoms with Gasteiger partial charge in [-0.15, -0.1) is 0 Å². The molecule has 0 radical (unpaired) electrons. The van der Waals surface area contributed by atoms with E-state index in [-0.39, 0.29) is 11.9 Å². The molecule has 19 heavy (non-hydrogen) atoms. The number of aromatic nitrogens is 1. The molecule has 2 rings (SSSR count). The van der Waals surface area contributed by atoms with E-state index < -0.39 is 11.9 Å². The maximum Gasteiger partial charge on any atom is 0.433 e. The van der Waals surface area contributed by atoms with E-state index in [1.54, 1.807) is 6.07 Å². The monoisotopic (exact) mass is 273 g/mol. The fourth-order valence-corrected chi connectivity index (χ4v) is 2.59. The minimum atomic E-state index is -4.41. The van der Waals surface area contributed by atoms with Crippen LogP contribution in [0, 0.1) is 5.92 Å². The highest BCUT2D eigenvalue weighted by Gasteiger charge is 2.32. The Kier molecular flexibility index (Phi) is 4.29. The van der Waals surface area contributed by atoms with Gasteiger partial charge in [-0.1, -0.05) is 18.9 Å². The second-order valence-corrected chi connectivity index (χ2v) is 4.94. The van der Waals surface area contributed by atoms with Crippen molar-refractivity contribution in [3.63, 3.8) is 0 Å². The summed E-state index contributed by atoms with van der Waals surface area (Å²) in [4.78, 5) is 3.61. The summed E-state index contributed by atoms with van der Waals surface area (Å²) < 4.78 is 37.7. The zero-order valence-corrected chi connectivity index (χ0v) is 10.6. The molecule has 1 aliphatic carbocycles. The fourth-order valence-electron chi connectivity index (χ4n) is 2.59. The zero-order valence-electron chi connectivity index (χ0n) is 10.6. The summed E-state index contributed by atoms with van der Waals surface area (Å²) in [5.41, 5.74) is 4.84. The van der Waals surface area contributed by atoms with Crippen LogP contribution in [0.1, 0.15) is 31.4 Å². The van der Waals surface area contributed by atoms with Gasteiger partial charge in [0.15, 0.2) is 0 Å². The summed E-state index contributed by atoms with van der Waals surface area (Å²) in [7, 11) is 0. The molecule has 1 unspecified atom stereocenters. The number of anilines is 1. The van der Waals surface area contributed by atoms with E-state index in [1.807, 2.05) is 0 Å². The van der Waals surface area contributed by atoms with Crippen LogP contribution in [0.3, 0.4) is 0 Å². The highest BCUT2D eigenvalue weighted by Crippen LogP contribution is 2.30. The first-order chi connectivity index (χ1) is 9.00. The normalized spacial score (nSPS) is 18.5. The zero-order chi connectivity index (χ0) is 13.9. The molecule has 0 amide bonds. The quantitative estimate of drug-likeness (QED) is 0.886. The molecular weight excluding hydrogens is 255 g/mol. The van der Waals surface area contributed by atoms with Gasteiger partial charge in [0, 0.05) is 12.6 Å². The number of nitrogens with two attached hydrogens (primary N) is 1. The number of alkyl halides is 3. The Morgan fingerprint density at radius 2 is 2.00 bits per heavy atom. The highest BCUT2D eigenvalue weighted by atomic mass is 19.4. The van der Waals surface area contributed by atoms with Gasteiger partial charge in [0.05, 0.1) is 0 Å².